The van der Waals surface area contributed by atoms with Crippen LogP contribution < -0.4 is 0 Å². The Morgan fingerprint density at radius 3 is 1.76 bits per heavy atom. The Bertz CT molecular complexity index is 1160. The fourth-order valence-corrected chi connectivity index (χ4v) is 10.8. The average molecular weight is 717 g/mol. The summed E-state index contributed by atoms with van der Waals surface area (Å²) >= 11 is 2.55. The number of benzene rings is 1. The van der Waals surface area contributed by atoms with E-state index in [1.807, 2.05) is 6.92 Å². The van der Waals surface area contributed by atoms with Crippen LogP contribution in [-0.4, -0.2) is 57.5 Å². The molecule has 4 aliphatic carbocycles. The minimum Gasteiger partial charge on any atom is -0.348 e. The standard InChI is InChI=1S/C20H28O5S.C13H21IO2/c1-16-3-5-18(6-4-16)26(21,22)25-14-17-7-10-19(13-17)8-2-9-20(15-19)23-11-12-24-20;14-9-11-2-5-12(8-11)3-1-4-13(10-12)15-6-7-16-13/h3-6,17H,2,7-15H2,1H3;11H,1-10H2/t17-,19-;11-,12-/m11/s1. The lowest BCUT2D eigenvalue weighted by Crippen LogP contribution is -2.41. The lowest BCUT2D eigenvalue weighted by Gasteiger charge is -2.43. The second-order valence-electron chi connectivity index (χ2n) is 14.2. The smallest absolute Gasteiger partial charge is 0.296 e. The molecule has 7 rings (SSSR count). The van der Waals surface area contributed by atoms with E-state index in [1.54, 1.807) is 24.3 Å². The molecule has 2 saturated heterocycles. The van der Waals surface area contributed by atoms with Crippen molar-refractivity contribution in [1.29, 1.82) is 0 Å². The molecule has 6 aliphatic rings. The molecule has 0 bridgehead atoms. The highest BCUT2D eigenvalue weighted by Gasteiger charge is 2.52. The van der Waals surface area contributed by atoms with E-state index in [-0.39, 0.29) is 34.4 Å². The van der Waals surface area contributed by atoms with E-state index in [1.165, 1.54) is 49.4 Å². The second kappa shape index (κ2) is 12.8. The summed E-state index contributed by atoms with van der Waals surface area (Å²) in [7, 11) is -3.68. The maximum Gasteiger partial charge on any atom is 0.296 e. The van der Waals surface area contributed by atoms with Crippen molar-refractivity contribution in [2.45, 2.75) is 113 Å². The summed E-state index contributed by atoms with van der Waals surface area (Å²) in [6.07, 6.45) is 16.6. The van der Waals surface area contributed by atoms with Crippen LogP contribution in [0, 0.1) is 29.6 Å². The molecule has 4 atom stereocenters. The number of alkyl halides is 1. The minimum atomic E-state index is -3.68. The van der Waals surface area contributed by atoms with Gasteiger partial charge in [-0.15, -0.1) is 0 Å². The first kappa shape index (κ1) is 31.7. The summed E-state index contributed by atoms with van der Waals surface area (Å²) in [6, 6.07) is 6.81. The van der Waals surface area contributed by atoms with Gasteiger partial charge >= 0.3 is 0 Å². The van der Waals surface area contributed by atoms with Gasteiger partial charge in [0.2, 0.25) is 0 Å². The molecular weight excluding hydrogens is 667 g/mol. The molecule has 2 aliphatic heterocycles. The van der Waals surface area contributed by atoms with Gasteiger partial charge < -0.3 is 18.9 Å². The lowest BCUT2D eigenvalue weighted by atomic mass is 9.70. The predicted octanol–water partition coefficient (Wildman–Crippen LogP) is 7.33. The van der Waals surface area contributed by atoms with E-state index in [0.29, 0.717) is 18.6 Å². The van der Waals surface area contributed by atoms with Crippen molar-refractivity contribution >= 4 is 32.7 Å². The normalized spacial score (nSPS) is 35.3. The van der Waals surface area contributed by atoms with E-state index in [4.69, 9.17) is 23.1 Å². The third-order valence-electron chi connectivity index (χ3n) is 11.0. The largest absolute Gasteiger partial charge is 0.348 e. The number of ether oxygens (including phenoxy) is 4. The van der Waals surface area contributed by atoms with Gasteiger partial charge in [-0.1, -0.05) is 40.3 Å². The molecule has 4 saturated carbocycles. The van der Waals surface area contributed by atoms with Gasteiger partial charge in [0.15, 0.2) is 11.6 Å². The molecule has 0 N–H and O–H groups in total. The summed E-state index contributed by atoms with van der Waals surface area (Å²) in [4.78, 5) is 0.236. The Morgan fingerprint density at radius 1 is 0.762 bits per heavy atom. The Labute approximate surface area is 266 Å². The van der Waals surface area contributed by atoms with Crippen LogP contribution >= 0.6 is 22.6 Å². The van der Waals surface area contributed by atoms with Crippen molar-refractivity contribution in [3.05, 3.63) is 29.8 Å². The summed E-state index contributed by atoms with van der Waals surface area (Å²) < 4.78 is 55.2. The Balaban J connectivity index is 0.000000168. The molecule has 9 heteroatoms. The highest BCUT2D eigenvalue weighted by molar-refractivity contribution is 14.1. The van der Waals surface area contributed by atoms with E-state index < -0.39 is 10.1 Å². The van der Waals surface area contributed by atoms with Gasteiger partial charge in [-0.25, -0.2) is 0 Å². The van der Waals surface area contributed by atoms with Crippen LogP contribution in [-0.2, 0) is 33.2 Å². The zero-order valence-corrected chi connectivity index (χ0v) is 28.2. The first-order valence-electron chi connectivity index (χ1n) is 16.2. The molecule has 0 radical (unpaired) electrons. The average Bonchev–Trinajstić information content (AvgIpc) is 3.78. The molecule has 1 aromatic rings. The maximum atomic E-state index is 12.4. The summed E-state index contributed by atoms with van der Waals surface area (Å²) in [5.41, 5.74) is 1.83. The Morgan fingerprint density at radius 2 is 1.26 bits per heavy atom. The van der Waals surface area contributed by atoms with Crippen LogP contribution in [0.15, 0.2) is 29.2 Å². The zero-order chi connectivity index (χ0) is 29.3. The third-order valence-corrected chi connectivity index (χ3v) is 13.6. The Kier molecular flexibility index (Phi) is 9.68. The van der Waals surface area contributed by atoms with Gasteiger partial charge in [0.05, 0.1) is 37.9 Å². The molecule has 42 heavy (non-hydrogen) atoms. The van der Waals surface area contributed by atoms with Gasteiger partial charge in [0.1, 0.15) is 0 Å². The van der Waals surface area contributed by atoms with Crippen LogP contribution in [0.5, 0.6) is 0 Å². The van der Waals surface area contributed by atoms with Crippen LogP contribution in [0.25, 0.3) is 0 Å². The SMILES string of the molecule is Cc1ccc(S(=O)(=O)OC[C@@H]2CC[C@]3(CCCC4(C3)OCCO4)C2)cc1.IC[C@@H]1CC[C@]2(CCCC3(C2)OCCO3)C1. The molecule has 7 nitrogen and oxygen atoms in total. The van der Waals surface area contributed by atoms with Gasteiger partial charge in [0.25, 0.3) is 10.1 Å². The fraction of sp³-hybridized carbons (Fsp3) is 0.818. The van der Waals surface area contributed by atoms with Gasteiger partial charge in [-0.2, -0.15) is 8.42 Å². The molecule has 6 fully saturated rings. The second-order valence-corrected chi connectivity index (χ2v) is 16.7. The zero-order valence-electron chi connectivity index (χ0n) is 25.3. The number of rotatable bonds is 5. The van der Waals surface area contributed by atoms with Crippen molar-refractivity contribution in [1.82, 2.24) is 0 Å². The quantitative estimate of drug-likeness (QED) is 0.180. The molecule has 0 aromatic heterocycles. The van der Waals surface area contributed by atoms with Crippen molar-refractivity contribution in [3.63, 3.8) is 0 Å². The van der Waals surface area contributed by atoms with Crippen molar-refractivity contribution in [3.8, 4) is 0 Å². The maximum absolute atomic E-state index is 12.4. The van der Waals surface area contributed by atoms with E-state index in [9.17, 15) is 8.42 Å². The van der Waals surface area contributed by atoms with Gasteiger partial charge in [-0.3, -0.25) is 4.18 Å². The third kappa shape index (κ3) is 7.07. The van der Waals surface area contributed by atoms with E-state index in [0.717, 1.165) is 69.6 Å². The topological polar surface area (TPSA) is 80.3 Å². The number of hydrogen-bond acceptors (Lipinski definition) is 7. The fourth-order valence-electron chi connectivity index (χ4n) is 9.11. The summed E-state index contributed by atoms with van der Waals surface area (Å²) in [5, 5.41) is 0. The van der Waals surface area contributed by atoms with Crippen molar-refractivity contribution in [2.24, 2.45) is 22.7 Å². The van der Waals surface area contributed by atoms with Gasteiger partial charge in [0, 0.05) is 30.1 Å². The molecule has 236 valence electrons. The molecule has 0 amide bonds. The first-order valence-corrected chi connectivity index (χ1v) is 19.2. The molecule has 4 spiro atoms. The highest BCUT2D eigenvalue weighted by atomic mass is 127. The lowest BCUT2D eigenvalue weighted by molar-refractivity contribution is -0.202. The predicted molar refractivity (Wildman–Crippen MR) is 169 cm³/mol. The van der Waals surface area contributed by atoms with Gasteiger partial charge in [-0.05, 0) is 106 Å². The number of hydrogen-bond donors (Lipinski definition) is 0. The monoisotopic (exact) mass is 716 g/mol. The number of aryl methyl sites for hydroxylation is 1. The molecular formula is C33H49IO7S. The highest BCUT2D eigenvalue weighted by Crippen LogP contribution is 2.57. The van der Waals surface area contributed by atoms with Crippen molar-refractivity contribution < 1.29 is 31.5 Å². The van der Waals surface area contributed by atoms with Crippen LogP contribution in [0.2, 0.25) is 0 Å². The van der Waals surface area contributed by atoms with Crippen LogP contribution in [0.4, 0.5) is 0 Å². The Hall–Kier alpha value is -0.300. The minimum absolute atomic E-state index is 0.168. The van der Waals surface area contributed by atoms with Crippen LogP contribution in [0.1, 0.15) is 95.5 Å². The first-order chi connectivity index (χ1) is 20.2. The van der Waals surface area contributed by atoms with Crippen molar-refractivity contribution in [2.75, 3.05) is 37.5 Å². The van der Waals surface area contributed by atoms with Crippen LogP contribution in [0.3, 0.4) is 0 Å². The van der Waals surface area contributed by atoms with E-state index in [2.05, 4.69) is 22.6 Å². The molecule has 1 aromatic carbocycles. The number of halogens is 1. The summed E-state index contributed by atoms with van der Waals surface area (Å²) in [6.45, 7) is 5.21. The van der Waals surface area contributed by atoms with E-state index >= 15 is 0 Å². The summed E-state index contributed by atoms with van der Waals surface area (Å²) in [5.74, 6) is 0.698. The molecule has 0 unspecified atom stereocenters. The molecule has 2 heterocycles.